The molecule has 4 nitrogen and oxygen atoms in total. The zero-order chi connectivity index (χ0) is 17.5. The van der Waals surface area contributed by atoms with Gasteiger partial charge in [0.15, 0.2) is 0 Å². The topological polar surface area (TPSA) is 47.6 Å². The third-order valence-corrected chi connectivity index (χ3v) is 3.95. The van der Waals surface area contributed by atoms with Crippen molar-refractivity contribution in [2.45, 2.75) is 39.8 Å². The van der Waals surface area contributed by atoms with E-state index in [1.807, 2.05) is 51.1 Å². The molecule has 0 unspecified atom stereocenters. The third-order valence-electron chi connectivity index (χ3n) is 3.95. The van der Waals surface area contributed by atoms with Gasteiger partial charge in [-0.1, -0.05) is 24.6 Å². The predicted octanol–water partition coefficient (Wildman–Crippen LogP) is 4.11. The summed E-state index contributed by atoms with van der Waals surface area (Å²) in [5.41, 5.74) is 2.64. The van der Waals surface area contributed by atoms with Crippen molar-refractivity contribution < 1.29 is 14.3 Å². The van der Waals surface area contributed by atoms with Gasteiger partial charge in [0.1, 0.15) is 18.1 Å². The van der Waals surface area contributed by atoms with Crippen molar-refractivity contribution in [3.8, 4) is 11.5 Å². The largest absolute Gasteiger partial charge is 0.496 e. The van der Waals surface area contributed by atoms with Crippen molar-refractivity contribution in [3.63, 3.8) is 0 Å². The molecular formula is C20H25NO3. The SMILES string of the molecule is CC[C@H](C)NC(=O)c1ccc(OC)c(COc2ccc(C)cc2)c1. The summed E-state index contributed by atoms with van der Waals surface area (Å²) in [5, 5.41) is 2.97. The Labute approximate surface area is 143 Å². The van der Waals surface area contributed by atoms with Crippen molar-refractivity contribution in [1.29, 1.82) is 0 Å². The Bertz CT molecular complexity index is 680. The fourth-order valence-corrected chi connectivity index (χ4v) is 2.24. The van der Waals surface area contributed by atoms with Crippen LogP contribution in [0.4, 0.5) is 0 Å². The van der Waals surface area contributed by atoms with Gasteiger partial charge in [0, 0.05) is 17.2 Å². The Hall–Kier alpha value is -2.49. The highest BCUT2D eigenvalue weighted by molar-refractivity contribution is 5.94. The second-order valence-electron chi connectivity index (χ2n) is 5.91. The molecule has 0 saturated carbocycles. The van der Waals surface area contributed by atoms with E-state index in [2.05, 4.69) is 5.32 Å². The van der Waals surface area contributed by atoms with E-state index < -0.39 is 0 Å². The molecule has 1 N–H and O–H groups in total. The van der Waals surface area contributed by atoms with Gasteiger partial charge in [-0.05, 0) is 50.6 Å². The second kappa shape index (κ2) is 8.39. The monoisotopic (exact) mass is 327 g/mol. The van der Waals surface area contributed by atoms with Crippen LogP contribution in [0.1, 0.15) is 41.8 Å². The number of rotatable bonds is 7. The molecular weight excluding hydrogens is 302 g/mol. The Morgan fingerprint density at radius 2 is 1.88 bits per heavy atom. The van der Waals surface area contributed by atoms with E-state index >= 15 is 0 Å². The molecule has 1 atom stereocenters. The van der Waals surface area contributed by atoms with Crippen LogP contribution in [0.25, 0.3) is 0 Å². The van der Waals surface area contributed by atoms with E-state index in [9.17, 15) is 4.79 Å². The van der Waals surface area contributed by atoms with Gasteiger partial charge in [-0.3, -0.25) is 4.79 Å². The van der Waals surface area contributed by atoms with E-state index in [4.69, 9.17) is 9.47 Å². The molecule has 0 saturated heterocycles. The molecule has 0 bridgehead atoms. The zero-order valence-corrected chi connectivity index (χ0v) is 14.8. The molecule has 0 fully saturated rings. The number of hydrogen-bond donors (Lipinski definition) is 1. The summed E-state index contributed by atoms with van der Waals surface area (Å²) in [5.74, 6) is 1.42. The average molecular weight is 327 g/mol. The molecule has 0 aliphatic carbocycles. The molecule has 0 radical (unpaired) electrons. The van der Waals surface area contributed by atoms with Gasteiger partial charge < -0.3 is 14.8 Å². The summed E-state index contributed by atoms with van der Waals surface area (Å²) in [4.78, 5) is 12.3. The number of ether oxygens (including phenoxy) is 2. The van der Waals surface area contributed by atoms with Crippen LogP contribution in [0.2, 0.25) is 0 Å². The number of nitrogens with one attached hydrogen (secondary N) is 1. The molecule has 128 valence electrons. The Morgan fingerprint density at radius 1 is 1.17 bits per heavy atom. The molecule has 0 aromatic heterocycles. The normalized spacial score (nSPS) is 11.7. The van der Waals surface area contributed by atoms with Gasteiger partial charge in [-0.2, -0.15) is 0 Å². The van der Waals surface area contributed by atoms with Crippen LogP contribution in [-0.2, 0) is 6.61 Å². The number of benzene rings is 2. The number of aryl methyl sites for hydroxylation is 1. The lowest BCUT2D eigenvalue weighted by molar-refractivity contribution is 0.0939. The van der Waals surface area contributed by atoms with E-state index in [0.29, 0.717) is 17.9 Å². The van der Waals surface area contributed by atoms with Crippen molar-refractivity contribution in [1.82, 2.24) is 5.32 Å². The fraction of sp³-hybridized carbons (Fsp3) is 0.350. The summed E-state index contributed by atoms with van der Waals surface area (Å²) in [7, 11) is 1.61. The minimum Gasteiger partial charge on any atom is -0.496 e. The molecule has 1 amide bonds. The van der Waals surface area contributed by atoms with Crippen LogP contribution in [0, 0.1) is 6.92 Å². The molecule has 0 heterocycles. The van der Waals surface area contributed by atoms with Crippen LogP contribution < -0.4 is 14.8 Å². The Morgan fingerprint density at radius 3 is 2.50 bits per heavy atom. The fourth-order valence-electron chi connectivity index (χ4n) is 2.24. The van der Waals surface area contributed by atoms with Crippen molar-refractivity contribution in [2.75, 3.05) is 7.11 Å². The lowest BCUT2D eigenvalue weighted by Gasteiger charge is -2.14. The molecule has 2 aromatic rings. The first-order chi connectivity index (χ1) is 11.5. The van der Waals surface area contributed by atoms with Crippen LogP contribution >= 0.6 is 0 Å². The number of hydrogen-bond acceptors (Lipinski definition) is 3. The van der Waals surface area contributed by atoms with Gasteiger partial charge in [0.2, 0.25) is 0 Å². The lowest BCUT2D eigenvalue weighted by Crippen LogP contribution is -2.31. The molecule has 0 aliphatic heterocycles. The molecule has 0 spiro atoms. The second-order valence-corrected chi connectivity index (χ2v) is 5.91. The zero-order valence-electron chi connectivity index (χ0n) is 14.8. The van der Waals surface area contributed by atoms with Gasteiger partial charge >= 0.3 is 0 Å². The maximum absolute atomic E-state index is 12.3. The first kappa shape index (κ1) is 17.9. The van der Waals surface area contributed by atoms with Gasteiger partial charge in [0.25, 0.3) is 5.91 Å². The van der Waals surface area contributed by atoms with Crippen molar-refractivity contribution >= 4 is 5.91 Å². The van der Waals surface area contributed by atoms with E-state index in [0.717, 1.165) is 17.7 Å². The third kappa shape index (κ3) is 4.75. The summed E-state index contributed by atoms with van der Waals surface area (Å²) in [6.45, 7) is 6.41. The Balaban J connectivity index is 2.13. The smallest absolute Gasteiger partial charge is 0.251 e. The Kier molecular flexibility index (Phi) is 6.24. The average Bonchev–Trinajstić information content (AvgIpc) is 2.60. The van der Waals surface area contributed by atoms with Crippen molar-refractivity contribution in [3.05, 3.63) is 59.2 Å². The maximum Gasteiger partial charge on any atom is 0.251 e. The highest BCUT2D eigenvalue weighted by Gasteiger charge is 2.12. The maximum atomic E-state index is 12.3. The summed E-state index contributed by atoms with van der Waals surface area (Å²) in [6, 6.07) is 13.4. The highest BCUT2D eigenvalue weighted by Crippen LogP contribution is 2.22. The van der Waals surface area contributed by atoms with Gasteiger partial charge in [-0.25, -0.2) is 0 Å². The van der Waals surface area contributed by atoms with Crippen molar-refractivity contribution in [2.24, 2.45) is 0 Å². The molecule has 2 aromatic carbocycles. The number of carbonyl (C=O) groups is 1. The van der Waals surface area contributed by atoms with Gasteiger partial charge in [-0.15, -0.1) is 0 Å². The summed E-state index contributed by atoms with van der Waals surface area (Å²) < 4.78 is 11.2. The first-order valence-corrected chi connectivity index (χ1v) is 8.20. The van der Waals surface area contributed by atoms with E-state index in [-0.39, 0.29) is 11.9 Å². The number of carbonyl (C=O) groups excluding carboxylic acids is 1. The van der Waals surface area contributed by atoms with Gasteiger partial charge in [0.05, 0.1) is 7.11 Å². The number of amides is 1. The van der Waals surface area contributed by atoms with E-state index in [1.165, 1.54) is 5.56 Å². The highest BCUT2D eigenvalue weighted by atomic mass is 16.5. The standard InChI is InChI=1S/C20H25NO3/c1-5-15(3)21-20(22)16-8-11-19(23-4)17(12-16)13-24-18-9-6-14(2)7-10-18/h6-12,15H,5,13H2,1-4H3,(H,21,22)/t15-/m0/s1. The number of methoxy groups -OCH3 is 1. The predicted molar refractivity (Wildman–Crippen MR) is 95.7 cm³/mol. The molecule has 0 aliphatic rings. The summed E-state index contributed by atoms with van der Waals surface area (Å²) >= 11 is 0. The molecule has 24 heavy (non-hydrogen) atoms. The van der Waals surface area contributed by atoms with Crippen LogP contribution in [0.3, 0.4) is 0 Å². The minimum absolute atomic E-state index is 0.0800. The minimum atomic E-state index is -0.0800. The summed E-state index contributed by atoms with van der Waals surface area (Å²) in [6.07, 6.45) is 0.894. The van der Waals surface area contributed by atoms with Crippen LogP contribution in [0.15, 0.2) is 42.5 Å². The van der Waals surface area contributed by atoms with Crippen LogP contribution in [0.5, 0.6) is 11.5 Å². The molecule has 2 rings (SSSR count). The quantitative estimate of drug-likeness (QED) is 0.832. The van der Waals surface area contributed by atoms with E-state index in [1.54, 1.807) is 19.2 Å². The lowest BCUT2D eigenvalue weighted by atomic mass is 10.1. The first-order valence-electron chi connectivity index (χ1n) is 8.20. The molecule has 4 heteroatoms. The van der Waals surface area contributed by atoms with Crippen LogP contribution in [-0.4, -0.2) is 19.1 Å².